The van der Waals surface area contributed by atoms with Gasteiger partial charge in [-0.3, -0.25) is 0 Å². The molecule has 2 heterocycles. The number of aromatic nitrogens is 3. The van der Waals surface area contributed by atoms with Crippen LogP contribution in [0.3, 0.4) is 0 Å². The van der Waals surface area contributed by atoms with Crippen molar-refractivity contribution in [1.82, 2.24) is 15.2 Å². The van der Waals surface area contributed by atoms with Crippen LogP contribution in [0.4, 0.5) is 10.1 Å². The SMILES string of the molecule is CCOc1cc([C@@H]2Nc3ccccc3-c3nnc(SCc4ccccc4F)nc3O2)cc(Cl)c1OCC. The van der Waals surface area contributed by atoms with Crippen molar-refractivity contribution >= 4 is 29.1 Å². The molecule has 0 saturated heterocycles. The van der Waals surface area contributed by atoms with E-state index in [1.165, 1.54) is 17.8 Å². The summed E-state index contributed by atoms with van der Waals surface area (Å²) >= 11 is 7.87. The standard InChI is InChI=1S/C27H24ClFN4O3S/c1-3-34-22-14-17(13-19(28)24(22)35-4-2)25-30-21-12-8-6-10-18(21)23-26(36-25)31-27(33-32-23)37-15-16-9-5-7-11-20(16)29/h5-14,25,30H,3-4,15H2,1-2H3/t25-/m1/s1. The maximum Gasteiger partial charge on any atom is 0.247 e. The number of para-hydroxylation sites is 1. The highest BCUT2D eigenvalue weighted by Gasteiger charge is 2.27. The molecule has 0 fully saturated rings. The zero-order valence-corrected chi connectivity index (χ0v) is 21.8. The fraction of sp³-hybridized carbons (Fsp3) is 0.222. The van der Waals surface area contributed by atoms with E-state index in [2.05, 4.69) is 20.5 Å². The minimum Gasteiger partial charge on any atom is -0.490 e. The van der Waals surface area contributed by atoms with Crippen molar-refractivity contribution in [2.75, 3.05) is 18.5 Å². The third-order valence-corrected chi connectivity index (χ3v) is 6.74. The Kier molecular flexibility index (Phi) is 7.62. The van der Waals surface area contributed by atoms with Gasteiger partial charge in [0.1, 0.15) is 5.82 Å². The highest BCUT2D eigenvalue weighted by atomic mass is 35.5. The average molecular weight is 539 g/mol. The monoisotopic (exact) mass is 538 g/mol. The molecule has 0 spiro atoms. The molecule has 1 atom stereocenters. The Labute approximate surface area is 223 Å². The van der Waals surface area contributed by atoms with Gasteiger partial charge in [0.15, 0.2) is 23.4 Å². The summed E-state index contributed by atoms with van der Waals surface area (Å²) < 4.78 is 32.0. The smallest absolute Gasteiger partial charge is 0.247 e. The van der Waals surface area contributed by atoms with E-state index in [-0.39, 0.29) is 5.82 Å². The Morgan fingerprint density at radius 2 is 1.81 bits per heavy atom. The highest BCUT2D eigenvalue weighted by molar-refractivity contribution is 7.98. The maximum absolute atomic E-state index is 14.1. The topological polar surface area (TPSA) is 78.4 Å². The van der Waals surface area contributed by atoms with Gasteiger partial charge in [0.25, 0.3) is 0 Å². The molecule has 37 heavy (non-hydrogen) atoms. The number of nitrogens with zero attached hydrogens (tertiary/aromatic N) is 3. The average Bonchev–Trinajstić information content (AvgIpc) is 3.07. The summed E-state index contributed by atoms with van der Waals surface area (Å²) in [7, 11) is 0. The molecule has 1 aromatic heterocycles. The zero-order valence-electron chi connectivity index (χ0n) is 20.2. The lowest BCUT2D eigenvalue weighted by Crippen LogP contribution is -2.17. The van der Waals surface area contributed by atoms with Gasteiger partial charge in [-0.05, 0) is 43.7 Å². The van der Waals surface area contributed by atoms with Crippen LogP contribution in [0.1, 0.15) is 31.2 Å². The Morgan fingerprint density at radius 1 is 1.03 bits per heavy atom. The minimum atomic E-state index is -0.657. The molecule has 190 valence electrons. The van der Waals surface area contributed by atoms with Gasteiger partial charge in [-0.2, -0.15) is 4.98 Å². The molecule has 0 saturated carbocycles. The molecule has 1 N–H and O–H groups in total. The molecule has 7 nitrogen and oxygen atoms in total. The van der Waals surface area contributed by atoms with Crippen molar-refractivity contribution < 1.29 is 18.6 Å². The lowest BCUT2D eigenvalue weighted by atomic mass is 10.1. The van der Waals surface area contributed by atoms with E-state index in [1.807, 2.05) is 44.2 Å². The number of ether oxygens (including phenoxy) is 3. The number of hydrogen-bond acceptors (Lipinski definition) is 8. The number of nitrogens with one attached hydrogen (secondary N) is 1. The molecule has 1 aliphatic rings. The van der Waals surface area contributed by atoms with E-state index in [1.54, 1.807) is 24.3 Å². The summed E-state index contributed by atoms with van der Waals surface area (Å²) in [6.45, 7) is 4.68. The lowest BCUT2D eigenvalue weighted by Gasteiger charge is -2.21. The van der Waals surface area contributed by atoms with E-state index in [4.69, 9.17) is 25.8 Å². The molecular formula is C27H24ClFN4O3S. The second kappa shape index (κ2) is 11.2. The van der Waals surface area contributed by atoms with Crippen LogP contribution < -0.4 is 19.5 Å². The van der Waals surface area contributed by atoms with Crippen molar-refractivity contribution in [2.45, 2.75) is 31.0 Å². The van der Waals surface area contributed by atoms with Crippen LogP contribution in [-0.4, -0.2) is 28.4 Å². The Balaban J connectivity index is 1.51. The summed E-state index contributed by atoms with van der Waals surface area (Å²) in [4.78, 5) is 4.64. The first kappa shape index (κ1) is 25.1. The first-order valence-electron chi connectivity index (χ1n) is 11.8. The normalized spacial score (nSPS) is 14.0. The van der Waals surface area contributed by atoms with Crippen LogP contribution in [0.5, 0.6) is 17.4 Å². The molecule has 1 aliphatic heterocycles. The third kappa shape index (κ3) is 5.42. The number of hydrogen-bond donors (Lipinski definition) is 1. The van der Waals surface area contributed by atoms with Gasteiger partial charge in [0.2, 0.25) is 11.0 Å². The fourth-order valence-corrected chi connectivity index (χ4v) is 4.94. The number of rotatable bonds is 8. The van der Waals surface area contributed by atoms with E-state index >= 15 is 0 Å². The summed E-state index contributed by atoms with van der Waals surface area (Å²) in [5.74, 6) is 1.40. The zero-order chi connectivity index (χ0) is 25.8. The van der Waals surface area contributed by atoms with Crippen molar-refractivity contribution in [3.63, 3.8) is 0 Å². The van der Waals surface area contributed by atoms with Crippen LogP contribution >= 0.6 is 23.4 Å². The number of halogens is 2. The van der Waals surface area contributed by atoms with Gasteiger partial charge >= 0.3 is 0 Å². The van der Waals surface area contributed by atoms with E-state index in [9.17, 15) is 4.39 Å². The molecule has 0 radical (unpaired) electrons. The number of thioether (sulfide) groups is 1. The van der Waals surface area contributed by atoms with Gasteiger partial charge in [0, 0.05) is 22.6 Å². The quantitative estimate of drug-likeness (QED) is 0.242. The minimum absolute atomic E-state index is 0.273. The Morgan fingerprint density at radius 3 is 2.62 bits per heavy atom. The molecule has 5 rings (SSSR count). The van der Waals surface area contributed by atoms with Crippen molar-refractivity contribution in [3.8, 4) is 28.6 Å². The molecule has 0 bridgehead atoms. The number of anilines is 1. The van der Waals surface area contributed by atoms with Crippen LogP contribution in [0, 0.1) is 5.82 Å². The molecule has 4 aromatic rings. The van der Waals surface area contributed by atoms with E-state index in [0.717, 1.165) is 16.8 Å². The maximum atomic E-state index is 14.1. The van der Waals surface area contributed by atoms with E-state index < -0.39 is 6.23 Å². The predicted molar refractivity (Wildman–Crippen MR) is 142 cm³/mol. The van der Waals surface area contributed by atoms with Gasteiger partial charge in [-0.25, -0.2) is 4.39 Å². The summed E-state index contributed by atoms with van der Waals surface area (Å²) in [6, 6.07) is 17.9. The Hall–Kier alpha value is -3.56. The molecule has 0 amide bonds. The van der Waals surface area contributed by atoms with E-state index in [0.29, 0.717) is 57.8 Å². The lowest BCUT2D eigenvalue weighted by molar-refractivity contribution is 0.223. The van der Waals surface area contributed by atoms with Gasteiger partial charge in [-0.15, -0.1) is 10.2 Å². The summed E-state index contributed by atoms with van der Waals surface area (Å²) in [5, 5.41) is 12.9. The first-order chi connectivity index (χ1) is 18.1. The van der Waals surface area contributed by atoms with Crippen LogP contribution in [0.2, 0.25) is 5.02 Å². The highest BCUT2D eigenvalue weighted by Crippen LogP contribution is 2.43. The number of fused-ring (bicyclic) bond motifs is 3. The van der Waals surface area contributed by atoms with Crippen LogP contribution in [0.25, 0.3) is 11.3 Å². The van der Waals surface area contributed by atoms with Crippen molar-refractivity contribution in [2.24, 2.45) is 0 Å². The van der Waals surface area contributed by atoms with Gasteiger partial charge in [-0.1, -0.05) is 59.8 Å². The fourth-order valence-electron chi connectivity index (χ4n) is 3.90. The van der Waals surface area contributed by atoms with Crippen molar-refractivity contribution in [1.29, 1.82) is 0 Å². The second-order valence-corrected chi connectivity index (χ2v) is 9.36. The molecule has 0 unspecified atom stereocenters. The third-order valence-electron chi connectivity index (χ3n) is 5.57. The largest absolute Gasteiger partial charge is 0.490 e. The molecule has 0 aliphatic carbocycles. The molecule has 10 heteroatoms. The second-order valence-electron chi connectivity index (χ2n) is 8.01. The van der Waals surface area contributed by atoms with Crippen LogP contribution in [-0.2, 0) is 5.75 Å². The molecular weight excluding hydrogens is 515 g/mol. The first-order valence-corrected chi connectivity index (χ1v) is 13.2. The van der Waals surface area contributed by atoms with Crippen molar-refractivity contribution in [3.05, 3.63) is 82.6 Å². The Bertz CT molecular complexity index is 1420. The van der Waals surface area contributed by atoms with Gasteiger partial charge in [0.05, 0.1) is 18.2 Å². The molecule has 3 aromatic carbocycles. The van der Waals surface area contributed by atoms with Gasteiger partial charge < -0.3 is 19.5 Å². The predicted octanol–water partition coefficient (Wildman–Crippen LogP) is 6.92. The number of benzene rings is 3. The summed E-state index contributed by atoms with van der Waals surface area (Å²) in [6.07, 6.45) is -0.657. The van der Waals surface area contributed by atoms with Crippen LogP contribution in [0.15, 0.2) is 65.8 Å². The summed E-state index contributed by atoms with van der Waals surface area (Å²) in [5.41, 5.74) is 3.38.